The quantitative estimate of drug-likeness (QED) is 0.573. The number of oxazole rings is 1. The molecule has 2 aromatic heterocycles. The van der Waals surface area contributed by atoms with Crippen LogP contribution in [0.2, 0.25) is 0 Å². The number of carbonyl (C=O) groups excluding carboxylic acids is 3. The molecule has 8 heteroatoms. The van der Waals surface area contributed by atoms with Crippen LogP contribution in [-0.4, -0.2) is 28.2 Å². The number of hydrogen-bond acceptors (Lipinski definition) is 7. The normalized spacial score (nSPS) is 18.2. The summed E-state index contributed by atoms with van der Waals surface area (Å²) in [6.45, 7) is 6.69. The predicted molar refractivity (Wildman–Crippen MR) is 120 cm³/mol. The van der Waals surface area contributed by atoms with Gasteiger partial charge in [-0.3, -0.25) is 9.59 Å². The summed E-state index contributed by atoms with van der Waals surface area (Å²) in [4.78, 5) is 43.4. The second-order valence-corrected chi connectivity index (χ2v) is 9.78. The Hall–Kier alpha value is -3.26. The SMILES string of the molecule is CC(=O)Nc1sc2c(c1C(=O)OC(C)(C)C)CCC(c1ccccc1)(c1cnco1)C2=O. The highest BCUT2D eigenvalue weighted by Crippen LogP contribution is 2.48. The van der Waals surface area contributed by atoms with E-state index in [2.05, 4.69) is 10.3 Å². The minimum absolute atomic E-state index is 0.187. The van der Waals surface area contributed by atoms with Crippen LogP contribution in [-0.2, 0) is 21.4 Å². The Morgan fingerprint density at radius 1 is 1.22 bits per heavy atom. The van der Waals surface area contributed by atoms with Gasteiger partial charge in [0.15, 0.2) is 12.2 Å². The first-order valence-electron chi connectivity index (χ1n) is 10.3. The molecule has 0 saturated heterocycles. The van der Waals surface area contributed by atoms with Crippen LogP contribution >= 0.6 is 11.3 Å². The molecule has 3 aromatic rings. The van der Waals surface area contributed by atoms with Crippen molar-refractivity contribution < 1.29 is 23.5 Å². The van der Waals surface area contributed by atoms with E-state index in [1.54, 1.807) is 27.0 Å². The fraction of sp³-hybridized carbons (Fsp3) is 0.333. The first-order valence-corrected chi connectivity index (χ1v) is 11.1. The molecule has 7 nitrogen and oxygen atoms in total. The average Bonchev–Trinajstić information content (AvgIpc) is 3.36. The van der Waals surface area contributed by atoms with Crippen molar-refractivity contribution in [3.8, 4) is 0 Å². The van der Waals surface area contributed by atoms with E-state index in [0.29, 0.717) is 34.0 Å². The van der Waals surface area contributed by atoms with Gasteiger partial charge in [-0.1, -0.05) is 30.3 Å². The monoisotopic (exact) mass is 452 g/mol. The number of aromatic nitrogens is 1. The van der Waals surface area contributed by atoms with E-state index in [1.165, 1.54) is 13.3 Å². The molecule has 166 valence electrons. The first kappa shape index (κ1) is 22.0. The van der Waals surface area contributed by atoms with Gasteiger partial charge in [-0.2, -0.15) is 0 Å². The number of thiophene rings is 1. The summed E-state index contributed by atoms with van der Waals surface area (Å²) in [6.07, 6.45) is 3.70. The molecule has 4 rings (SSSR count). The Balaban J connectivity index is 1.89. The molecule has 32 heavy (non-hydrogen) atoms. The molecule has 1 aliphatic carbocycles. The van der Waals surface area contributed by atoms with Crippen LogP contribution < -0.4 is 5.32 Å². The summed E-state index contributed by atoms with van der Waals surface area (Å²) < 4.78 is 11.2. The number of Topliss-reactive ketones (excluding diaryl/α,β-unsaturated/α-hetero) is 1. The number of ketones is 1. The number of amides is 1. The zero-order valence-corrected chi connectivity index (χ0v) is 19.2. The van der Waals surface area contributed by atoms with Crippen LogP contribution in [0, 0.1) is 0 Å². The van der Waals surface area contributed by atoms with E-state index in [0.717, 1.165) is 16.9 Å². The molecule has 2 heterocycles. The highest BCUT2D eigenvalue weighted by atomic mass is 32.1. The van der Waals surface area contributed by atoms with Crippen molar-refractivity contribution in [3.63, 3.8) is 0 Å². The zero-order valence-electron chi connectivity index (χ0n) is 18.4. The molecule has 0 saturated carbocycles. The minimum atomic E-state index is -1.06. The van der Waals surface area contributed by atoms with E-state index in [9.17, 15) is 14.4 Å². The molecule has 0 aliphatic heterocycles. The van der Waals surface area contributed by atoms with Crippen LogP contribution in [0.4, 0.5) is 5.00 Å². The second kappa shape index (κ2) is 8.02. The van der Waals surface area contributed by atoms with E-state index >= 15 is 0 Å². The molecule has 1 unspecified atom stereocenters. The third-order valence-electron chi connectivity index (χ3n) is 5.36. The van der Waals surface area contributed by atoms with Crippen molar-refractivity contribution in [2.45, 2.75) is 51.6 Å². The van der Waals surface area contributed by atoms with Crippen molar-refractivity contribution >= 4 is 34.0 Å². The maximum atomic E-state index is 14.1. The Kier molecular flexibility index (Phi) is 5.50. The number of anilines is 1. The number of benzene rings is 1. The van der Waals surface area contributed by atoms with Gasteiger partial charge in [-0.15, -0.1) is 11.3 Å². The highest BCUT2D eigenvalue weighted by Gasteiger charge is 2.50. The van der Waals surface area contributed by atoms with Gasteiger partial charge in [0, 0.05) is 6.92 Å². The van der Waals surface area contributed by atoms with Gasteiger partial charge in [0.25, 0.3) is 0 Å². The van der Waals surface area contributed by atoms with Gasteiger partial charge < -0.3 is 14.5 Å². The summed E-state index contributed by atoms with van der Waals surface area (Å²) in [5, 5.41) is 3.04. The zero-order chi connectivity index (χ0) is 23.1. The Morgan fingerprint density at radius 2 is 1.94 bits per heavy atom. The van der Waals surface area contributed by atoms with E-state index in [-0.39, 0.29) is 17.3 Å². The van der Waals surface area contributed by atoms with Crippen LogP contribution in [0.3, 0.4) is 0 Å². The third-order valence-corrected chi connectivity index (χ3v) is 6.51. The van der Waals surface area contributed by atoms with Crippen molar-refractivity contribution in [2.24, 2.45) is 0 Å². The number of hydrogen-bond donors (Lipinski definition) is 1. The van der Waals surface area contributed by atoms with Gasteiger partial charge in [-0.05, 0) is 44.7 Å². The molecule has 0 fully saturated rings. The maximum Gasteiger partial charge on any atom is 0.341 e. The summed E-state index contributed by atoms with van der Waals surface area (Å²) in [5.41, 5.74) is -0.132. The lowest BCUT2D eigenvalue weighted by Crippen LogP contribution is -2.40. The largest absolute Gasteiger partial charge is 0.456 e. The molecule has 1 aliphatic rings. The second-order valence-electron chi connectivity index (χ2n) is 8.76. The van der Waals surface area contributed by atoms with Gasteiger partial charge in [0.05, 0.1) is 16.6 Å². The predicted octanol–water partition coefficient (Wildman–Crippen LogP) is 4.77. The Bertz CT molecular complexity index is 1180. The molecule has 0 spiro atoms. The summed E-state index contributed by atoms with van der Waals surface area (Å²) >= 11 is 1.10. The number of esters is 1. The minimum Gasteiger partial charge on any atom is -0.456 e. The first-order chi connectivity index (χ1) is 15.1. The maximum absolute atomic E-state index is 14.1. The molecule has 1 N–H and O–H groups in total. The highest BCUT2D eigenvalue weighted by molar-refractivity contribution is 7.19. The number of nitrogens with one attached hydrogen (secondary N) is 1. The fourth-order valence-corrected chi connectivity index (χ4v) is 5.40. The lowest BCUT2D eigenvalue weighted by Gasteiger charge is -2.34. The Morgan fingerprint density at radius 3 is 2.53 bits per heavy atom. The summed E-state index contributed by atoms with van der Waals surface area (Å²) in [6, 6.07) is 9.42. The average molecular weight is 453 g/mol. The van der Waals surface area contributed by atoms with Crippen molar-refractivity contribution in [1.29, 1.82) is 0 Å². The number of rotatable bonds is 4. The summed E-state index contributed by atoms with van der Waals surface area (Å²) in [7, 11) is 0. The fourth-order valence-electron chi connectivity index (χ4n) is 4.10. The summed E-state index contributed by atoms with van der Waals surface area (Å²) in [5.74, 6) is -0.621. The topological polar surface area (TPSA) is 98.5 Å². The molecule has 1 atom stereocenters. The standard InChI is InChI=1S/C24H24N2O5S/c1-14(27)26-21-18(22(29)31-23(2,3)4)16-10-11-24(17-12-25-13-30-17,20(28)19(16)32-21)15-8-6-5-7-9-15/h5-9,12-13H,10-11H2,1-4H3,(H,26,27). The lowest BCUT2D eigenvalue weighted by atomic mass is 9.67. The number of fused-ring (bicyclic) bond motifs is 1. The van der Waals surface area contributed by atoms with Crippen molar-refractivity contribution in [3.05, 3.63) is 70.3 Å². The smallest absolute Gasteiger partial charge is 0.341 e. The number of carbonyl (C=O) groups is 3. The molecule has 0 bridgehead atoms. The molecule has 1 amide bonds. The van der Waals surface area contributed by atoms with E-state index in [4.69, 9.17) is 9.15 Å². The Labute approximate surface area is 189 Å². The molecule has 0 radical (unpaired) electrons. The molecular formula is C24H24N2O5S. The van der Waals surface area contributed by atoms with Gasteiger partial charge >= 0.3 is 5.97 Å². The molecule has 1 aromatic carbocycles. The van der Waals surface area contributed by atoms with Gasteiger partial charge in [-0.25, -0.2) is 9.78 Å². The number of nitrogens with zero attached hydrogens (tertiary/aromatic N) is 1. The van der Waals surface area contributed by atoms with Crippen LogP contribution in [0.15, 0.2) is 47.3 Å². The molecular weight excluding hydrogens is 428 g/mol. The van der Waals surface area contributed by atoms with Crippen LogP contribution in [0.1, 0.15) is 71.0 Å². The van der Waals surface area contributed by atoms with Crippen molar-refractivity contribution in [1.82, 2.24) is 4.98 Å². The van der Waals surface area contributed by atoms with Crippen LogP contribution in [0.5, 0.6) is 0 Å². The van der Waals surface area contributed by atoms with Gasteiger partial charge in [0.2, 0.25) is 5.91 Å². The number of ether oxygens (including phenoxy) is 1. The third kappa shape index (κ3) is 3.75. The lowest BCUT2D eigenvalue weighted by molar-refractivity contribution is -0.114. The van der Waals surface area contributed by atoms with Crippen molar-refractivity contribution in [2.75, 3.05) is 5.32 Å². The van der Waals surface area contributed by atoms with Gasteiger partial charge in [0.1, 0.15) is 21.8 Å². The van der Waals surface area contributed by atoms with E-state index in [1.807, 2.05) is 30.3 Å². The van der Waals surface area contributed by atoms with E-state index < -0.39 is 17.0 Å². The van der Waals surface area contributed by atoms with Crippen LogP contribution in [0.25, 0.3) is 0 Å².